The van der Waals surface area contributed by atoms with Gasteiger partial charge in [0.25, 0.3) is 5.89 Å². The fraction of sp³-hybridized carbons (Fsp3) is 0.333. The van der Waals surface area contributed by atoms with Crippen LogP contribution in [0.4, 0.5) is 0 Å². The van der Waals surface area contributed by atoms with Crippen LogP contribution >= 0.6 is 11.3 Å². The van der Waals surface area contributed by atoms with Gasteiger partial charge in [-0.05, 0) is 29.9 Å². The van der Waals surface area contributed by atoms with Gasteiger partial charge >= 0.3 is 0 Å². The van der Waals surface area contributed by atoms with Gasteiger partial charge in [-0.25, -0.2) is 4.98 Å². The van der Waals surface area contributed by atoms with E-state index in [1.54, 1.807) is 12.3 Å². The van der Waals surface area contributed by atoms with Crippen molar-refractivity contribution in [1.29, 1.82) is 0 Å². The first-order valence-electron chi connectivity index (χ1n) is 10.1. The maximum atomic E-state index is 10.4. The number of β-amino-alcohol motifs (C(OH)–C–C–N with tert-alkyl or cyclic N) is 1. The molecule has 1 aromatic carbocycles. The second-order valence-corrected chi connectivity index (χ2v) is 8.69. The van der Waals surface area contributed by atoms with Gasteiger partial charge in [0.05, 0.1) is 6.61 Å². The molecule has 2 aliphatic rings. The average molecular weight is 437 g/mol. The zero-order chi connectivity index (χ0) is 20.9. The highest BCUT2D eigenvalue weighted by molar-refractivity contribution is 7.13. The molecule has 1 aliphatic heterocycles. The molecule has 1 saturated heterocycles. The molecule has 0 bridgehead atoms. The van der Waals surface area contributed by atoms with E-state index in [1.165, 1.54) is 16.9 Å². The summed E-state index contributed by atoms with van der Waals surface area (Å²) in [7, 11) is 0. The second-order valence-electron chi connectivity index (χ2n) is 7.80. The molecule has 31 heavy (non-hydrogen) atoms. The lowest BCUT2D eigenvalue weighted by molar-refractivity contribution is 0.00648. The first-order chi connectivity index (χ1) is 15.2. The summed E-state index contributed by atoms with van der Waals surface area (Å²) < 4.78 is 10.9. The van der Waals surface area contributed by atoms with E-state index >= 15 is 0 Å². The third kappa shape index (κ3) is 3.02. The molecule has 9 nitrogen and oxygen atoms in total. The maximum absolute atomic E-state index is 10.4. The summed E-state index contributed by atoms with van der Waals surface area (Å²) in [5.41, 5.74) is 3.71. The molecular weight excluding hydrogens is 418 g/mol. The topological polar surface area (TPSA) is 122 Å². The van der Waals surface area contributed by atoms with E-state index in [-0.39, 0.29) is 18.5 Å². The zero-order valence-corrected chi connectivity index (χ0v) is 17.2. The van der Waals surface area contributed by atoms with Crippen LogP contribution < -0.4 is 0 Å². The zero-order valence-electron chi connectivity index (χ0n) is 16.4. The fourth-order valence-corrected chi connectivity index (χ4v) is 5.45. The highest BCUT2D eigenvalue weighted by Gasteiger charge is 2.46. The molecule has 3 atom stereocenters. The number of benzene rings is 1. The van der Waals surface area contributed by atoms with Crippen molar-refractivity contribution in [3.8, 4) is 33.7 Å². The summed E-state index contributed by atoms with van der Waals surface area (Å²) in [6.07, 6.45) is 2.71. The number of rotatable bonds is 5. The van der Waals surface area contributed by atoms with Crippen LogP contribution in [-0.2, 0) is 6.42 Å². The molecule has 2 N–H and O–H groups in total. The quantitative estimate of drug-likeness (QED) is 0.485. The number of nitrogens with zero attached hydrogens (tertiary/aromatic N) is 5. The summed E-state index contributed by atoms with van der Waals surface area (Å²) >= 11 is 1.46. The van der Waals surface area contributed by atoms with Crippen LogP contribution in [0.2, 0.25) is 0 Å². The first-order valence-corrected chi connectivity index (χ1v) is 11.0. The third-order valence-corrected chi connectivity index (χ3v) is 6.88. The molecule has 158 valence electrons. The Labute approximate surface area is 181 Å². The lowest BCUT2D eigenvalue weighted by Crippen LogP contribution is -2.33. The number of aliphatic hydroxyl groups excluding tert-OH is 2. The van der Waals surface area contributed by atoms with Crippen LogP contribution in [-0.4, -0.2) is 54.8 Å². The molecule has 10 heteroatoms. The molecular formula is C21H19N5O4S. The fourth-order valence-electron chi connectivity index (χ4n) is 4.86. The standard InChI is InChI=1S/C21H19N5O4S/c27-6-5-26-17(28)9-11-8-14-12(18(11)26)2-1-3-13(14)19-23-20(30-25-19)15-10-16(29-24-15)21-22-4-7-31-21/h1-4,7,10-11,17-18,27-28H,5-6,8-9H2. The summed E-state index contributed by atoms with van der Waals surface area (Å²) in [6.45, 7) is 0.468. The molecule has 1 fully saturated rings. The van der Waals surface area contributed by atoms with Crippen molar-refractivity contribution in [2.75, 3.05) is 13.2 Å². The second kappa shape index (κ2) is 7.34. The van der Waals surface area contributed by atoms with Crippen molar-refractivity contribution in [1.82, 2.24) is 25.2 Å². The minimum absolute atomic E-state index is 0.0180. The number of likely N-dealkylation sites (tertiary alicyclic amines) is 1. The van der Waals surface area contributed by atoms with Gasteiger partial charge in [-0.15, -0.1) is 11.3 Å². The summed E-state index contributed by atoms with van der Waals surface area (Å²) in [6, 6.07) is 7.89. The van der Waals surface area contributed by atoms with Gasteiger partial charge in [-0.2, -0.15) is 4.98 Å². The van der Waals surface area contributed by atoms with Gasteiger partial charge in [0.1, 0.15) is 6.23 Å². The molecule has 0 amide bonds. The average Bonchev–Trinajstić information content (AvgIpc) is 3.57. The Hall–Kier alpha value is -2.92. The van der Waals surface area contributed by atoms with Crippen molar-refractivity contribution in [2.45, 2.75) is 25.1 Å². The molecule has 3 unspecified atom stereocenters. The lowest BCUT2D eigenvalue weighted by atomic mass is 10.0. The van der Waals surface area contributed by atoms with Crippen LogP contribution in [0.3, 0.4) is 0 Å². The molecule has 1 aliphatic carbocycles. The number of hydrogen-bond donors (Lipinski definition) is 2. The largest absolute Gasteiger partial charge is 0.395 e. The van der Waals surface area contributed by atoms with Crippen molar-refractivity contribution in [2.24, 2.45) is 5.92 Å². The van der Waals surface area contributed by atoms with E-state index < -0.39 is 6.23 Å². The maximum Gasteiger partial charge on any atom is 0.280 e. The van der Waals surface area contributed by atoms with Crippen LogP contribution in [0.1, 0.15) is 23.6 Å². The number of aromatic nitrogens is 4. The smallest absolute Gasteiger partial charge is 0.280 e. The van der Waals surface area contributed by atoms with Gasteiger partial charge in [-0.3, -0.25) is 4.90 Å². The third-order valence-electron chi connectivity index (χ3n) is 6.09. The van der Waals surface area contributed by atoms with E-state index in [1.807, 2.05) is 22.4 Å². The minimum atomic E-state index is -0.519. The molecule has 6 rings (SSSR count). The molecule has 0 radical (unpaired) electrons. The lowest BCUT2D eigenvalue weighted by Gasteiger charge is -2.26. The highest BCUT2D eigenvalue weighted by Crippen LogP contribution is 2.50. The summed E-state index contributed by atoms with van der Waals surface area (Å²) in [5.74, 6) is 1.65. The van der Waals surface area contributed by atoms with Crippen molar-refractivity contribution >= 4 is 11.3 Å². The molecule has 4 heterocycles. The monoisotopic (exact) mass is 437 g/mol. The van der Waals surface area contributed by atoms with Gasteiger partial charge in [-0.1, -0.05) is 28.5 Å². The number of hydrogen-bond acceptors (Lipinski definition) is 10. The van der Waals surface area contributed by atoms with Crippen LogP contribution in [0.5, 0.6) is 0 Å². The van der Waals surface area contributed by atoms with Crippen LogP contribution in [0.25, 0.3) is 33.7 Å². The summed E-state index contributed by atoms with van der Waals surface area (Å²) in [4.78, 5) is 10.8. The molecule has 4 aromatic rings. The van der Waals surface area contributed by atoms with Gasteiger partial charge in [0, 0.05) is 35.8 Å². The number of thiazole rings is 1. The highest BCUT2D eigenvalue weighted by atomic mass is 32.1. The Balaban J connectivity index is 1.33. The van der Waals surface area contributed by atoms with Crippen molar-refractivity contribution in [3.63, 3.8) is 0 Å². The van der Waals surface area contributed by atoms with E-state index in [9.17, 15) is 10.2 Å². The van der Waals surface area contributed by atoms with E-state index in [0.29, 0.717) is 36.2 Å². The van der Waals surface area contributed by atoms with E-state index in [0.717, 1.165) is 22.6 Å². The van der Waals surface area contributed by atoms with Crippen molar-refractivity contribution in [3.05, 3.63) is 47.0 Å². The summed E-state index contributed by atoms with van der Waals surface area (Å²) in [5, 5.41) is 30.7. The Bertz CT molecular complexity index is 1220. The van der Waals surface area contributed by atoms with Crippen molar-refractivity contribution < 1.29 is 19.3 Å². The molecule has 3 aromatic heterocycles. The number of aliphatic hydroxyl groups is 2. The molecule has 0 saturated carbocycles. The van der Waals surface area contributed by atoms with Gasteiger partial charge in [0.15, 0.2) is 16.5 Å². The Morgan fingerprint density at radius 1 is 1.23 bits per heavy atom. The predicted octanol–water partition coefficient (Wildman–Crippen LogP) is 2.74. The molecule has 0 spiro atoms. The normalized spacial score (nSPS) is 22.7. The number of fused-ring (bicyclic) bond motifs is 3. The minimum Gasteiger partial charge on any atom is -0.395 e. The Kier molecular flexibility index (Phi) is 4.46. The Morgan fingerprint density at radius 3 is 3.00 bits per heavy atom. The van der Waals surface area contributed by atoms with Gasteiger partial charge in [0.2, 0.25) is 5.82 Å². The van der Waals surface area contributed by atoms with E-state index in [4.69, 9.17) is 9.05 Å². The van der Waals surface area contributed by atoms with Crippen LogP contribution in [0.15, 0.2) is 44.9 Å². The Morgan fingerprint density at radius 2 is 2.16 bits per heavy atom. The van der Waals surface area contributed by atoms with Gasteiger partial charge < -0.3 is 19.3 Å². The SMILES string of the molecule is OCCN1C(O)CC2Cc3c(-c4noc(-c5cc(-c6nccs6)on5)n4)cccc3C21. The van der Waals surface area contributed by atoms with Crippen LogP contribution in [0, 0.1) is 5.92 Å². The predicted molar refractivity (Wildman–Crippen MR) is 111 cm³/mol. The first kappa shape index (κ1) is 18.8. The van der Waals surface area contributed by atoms with E-state index in [2.05, 4.69) is 26.3 Å².